The van der Waals surface area contributed by atoms with E-state index in [9.17, 15) is 14.6 Å². The molecule has 3 nitrogen and oxygen atoms in total. The molecule has 108 valence electrons. The van der Waals surface area contributed by atoms with E-state index in [4.69, 9.17) is 4.74 Å². The molecule has 0 heterocycles. The third-order valence-electron chi connectivity index (χ3n) is 3.23. The van der Waals surface area contributed by atoms with Crippen LogP contribution in [0.5, 0.6) is 0 Å². The highest BCUT2D eigenvalue weighted by Crippen LogP contribution is 2.29. The lowest BCUT2D eigenvalue weighted by atomic mass is 9.79. The molecule has 0 radical (unpaired) electrons. The number of aliphatic hydroxyl groups excluding tert-OH is 2. The highest BCUT2D eigenvalue weighted by atomic mass is 19.1. The van der Waals surface area contributed by atoms with Crippen molar-refractivity contribution in [3.05, 3.63) is 35.6 Å². The molecule has 1 aromatic carbocycles. The van der Waals surface area contributed by atoms with E-state index in [1.807, 2.05) is 13.8 Å². The molecule has 0 spiro atoms. The summed E-state index contributed by atoms with van der Waals surface area (Å²) in [5, 5.41) is 19.2. The summed E-state index contributed by atoms with van der Waals surface area (Å²) in [4.78, 5) is 0. The van der Waals surface area contributed by atoms with Crippen LogP contribution in [0.3, 0.4) is 0 Å². The van der Waals surface area contributed by atoms with Gasteiger partial charge in [0.2, 0.25) is 0 Å². The number of benzene rings is 1. The van der Waals surface area contributed by atoms with E-state index in [0.717, 1.165) is 0 Å². The van der Waals surface area contributed by atoms with E-state index in [1.54, 1.807) is 18.2 Å². The largest absolute Gasteiger partial charge is 0.395 e. The third kappa shape index (κ3) is 4.27. The van der Waals surface area contributed by atoms with Crippen LogP contribution in [0.25, 0.3) is 0 Å². The molecule has 2 N–H and O–H groups in total. The standard InChI is InChI=1S/C15H23FO3/c1-12(2)9-19-8-7-15(10-17,11-18)13-5-3-4-6-14(13)16/h3-6,12,17-18H,7-11H2,1-2H3. The number of rotatable bonds is 8. The summed E-state index contributed by atoms with van der Waals surface area (Å²) < 4.78 is 19.3. The topological polar surface area (TPSA) is 49.7 Å². The van der Waals surface area contributed by atoms with Gasteiger partial charge in [0.15, 0.2) is 0 Å². The molecular formula is C15H23FO3. The van der Waals surface area contributed by atoms with Crippen LogP contribution >= 0.6 is 0 Å². The maximum atomic E-state index is 13.8. The first-order valence-electron chi connectivity index (χ1n) is 6.60. The van der Waals surface area contributed by atoms with E-state index >= 15 is 0 Å². The first-order chi connectivity index (χ1) is 9.05. The van der Waals surface area contributed by atoms with Crippen LogP contribution < -0.4 is 0 Å². The Morgan fingerprint density at radius 3 is 2.37 bits per heavy atom. The Hall–Kier alpha value is -0.970. The Bertz CT molecular complexity index is 375. The van der Waals surface area contributed by atoms with Crippen LogP contribution in [0.15, 0.2) is 24.3 Å². The fourth-order valence-corrected chi connectivity index (χ4v) is 1.99. The van der Waals surface area contributed by atoms with Crippen molar-refractivity contribution in [2.75, 3.05) is 26.4 Å². The van der Waals surface area contributed by atoms with Crippen molar-refractivity contribution in [3.8, 4) is 0 Å². The van der Waals surface area contributed by atoms with Gasteiger partial charge in [0.1, 0.15) is 5.82 Å². The average Bonchev–Trinajstić information content (AvgIpc) is 2.40. The van der Waals surface area contributed by atoms with Crippen LogP contribution in [0.2, 0.25) is 0 Å². The van der Waals surface area contributed by atoms with Gasteiger partial charge in [0, 0.05) is 18.6 Å². The van der Waals surface area contributed by atoms with E-state index in [1.165, 1.54) is 6.07 Å². The Morgan fingerprint density at radius 2 is 1.84 bits per heavy atom. The Balaban J connectivity index is 2.77. The number of ether oxygens (including phenoxy) is 1. The van der Waals surface area contributed by atoms with E-state index in [-0.39, 0.29) is 13.2 Å². The second kappa shape index (κ2) is 7.58. The Kier molecular flexibility index (Phi) is 6.42. The quantitative estimate of drug-likeness (QED) is 0.711. The molecule has 0 saturated carbocycles. The fraction of sp³-hybridized carbons (Fsp3) is 0.600. The van der Waals surface area contributed by atoms with Crippen molar-refractivity contribution in [1.82, 2.24) is 0 Å². The Morgan fingerprint density at radius 1 is 1.21 bits per heavy atom. The van der Waals surface area contributed by atoms with E-state index in [0.29, 0.717) is 31.1 Å². The zero-order valence-electron chi connectivity index (χ0n) is 11.6. The summed E-state index contributed by atoms with van der Waals surface area (Å²) in [5.41, 5.74) is -0.643. The van der Waals surface area contributed by atoms with Gasteiger partial charge in [0.25, 0.3) is 0 Å². The molecule has 0 amide bonds. The van der Waals surface area contributed by atoms with Crippen molar-refractivity contribution in [1.29, 1.82) is 0 Å². The van der Waals surface area contributed by atoms with Crippen molar-refractivity contribution in [3.63, 3.8) is 0 Å². The lowest BCUT2D eigenvalue weighted by molar-refractivity contribution is 0.0521. The predicted octanol–water partition coefficient (Wildman–Crippen LogP) is 2.11. The van der Waals surface area contributed by atoms with Gasteiger partial charge < -0.3 is 14.9 Å². The molecule has 1 aromatic rings. The monoisotopic (exact) mass is 270 g/mol. The first-order valence-corrected chi connectivity index (χ1v) is 6.60. The van der Waals surface area contributed by atoms with Gasteiger partial charge in [-0.25, -0.2) is 4.39 Å². The van der Waals surface area contributed by atoms with Crippen LogP contribution in [0, 0.1) is 11.7 Å². The fourth-order valence-electron chi connectivity index (χ4n) is 1.99. The van der Waals surface area contributed by atoms with Gasteiger partial charge in [-0.05, 0) is 24.0 Å². The molecule has 0 atom stereocenters. The van der Waals surface area contributed by atoms with Crippen molar-refractivity contribution >= 4 is 0 Å². The third-order valence-corrected chi connectivity index (χ3v) is 3.23. The molecular weight excluding hydrogens is 247 g/mol. The SMILES string of the molecule is CC(C)COCCC(CO)(CO)c1ccccc1F. The summed E-state index contributed by atoms with van der Waals surface area (Å²) in [5.74, 6) is 0.0144. The van der Waals surface area contributed by atoms with Gasteiger partial charge in [-0.15, -0.1) is 0 Å². The Labute approximate surface area is 114 Å². The highest BCUT2D eigenvalue weighted by Gasteiger charge is 2.33. The second-order valence-electron chi connectivity index (χ2n) is 5.30. The van der Waals surface area contributed by atoms with Crippen molar-refractivity contribution < 1.29 is 19.3 Å². The minimum Gasteiger partial charge on any atom is -0.395 e. The molecule has 0 aliphatic heterocycles. The minimum atomic E-state index is -0.984. The van der Waals surface area contributed by atoms with Gasteiger partial charge in [-0.2, -0.15) is 0 Å². The number of hydrogen-bond donors (Lipinski definition) is 2. The smallest absolute Gasteiger partial charge is 0.127 e. The zero-order valence-corrected chi connectivity index (χ0v) is 11.6. The molecule has 0 saturated heterocycles. The van der Waals surface area contributed by atoms with E-state index in [2.05, 4.69) is 0 Å². The average molecular weight is 270 g/mol. The lowest BCUT2D eigenvalue weighted by Gasteiger charge is -2.30. The number of hydrogen-bond acceptors (Lipinski definition) is 3. The number of aliphatic hydroxyl groups is 2. The molecule has 1 rings (SSSR count). The summed E-state index contributed by atoms with van der Waals surface area (Å²) in [6.07, 6.45) is 0.383. The summed E-state index contributed by atoms with van der Waals surface area (Å²) in [6.45, 7) is 4.47. The predicted molar refractivity (Wildman–Crippen MR) is 72.5 cm³/mol. The lowest BCUT2D eigenvalue weighted by Crippen LogP contribution is -2.37. The van der Waals surface area contributed by atoms with Crippen molar-refractivity contribution in [2.45, 2.75) is 25.7 Å². The van der Waals surface area contributed by atoms with Gasteiger partial charge in [0.05, 0.1) is 13.2 Å². The first kappa shape index (κ1) is 16.1. The van der Waals surface area contributed by atoms with Crippen LogP contribution in [-0.4, -0.2) is 36.6 Å². The van der Waals surface area contributed by atoms with Gasteiger partial charge in [-0.1, -0.05) is 32.0 Å². The molecule has 0 bridgehead atoms. The summed E-state index contributed by atoms with van der Waals surface area (Å²) in [7, 11) is 0. The maximum Gasteiger partial charge on any atom is 0.127 e. The maximum absolute atomic E-state index is 13.8. The van der Waals surface area contributed by atoms with Crippen LogP contribution in [0.1, 0.15) is 25.8 Å². The molecule has 0 aliphatic carbocycles. The van der Waals surface area contributed by atoms with Crippen LogP contribution in [0.4, 0.5) is 4.39 Å². The molecule has 19 heavy (non-hydrogen) atoms. The van der Waals surface area contributed by atoms with Gasteiger partial charge >= 0.3 is 0 Å². The molecule has 0 unspecified atom stereocenters. The molecule has 0 aromatic heterocycles. The van der Waals surface area contributed by atoms with E-state index < -0.39 is 11.2 Å². The highest BCUT2D eigenvalue weighted by molar-refractivity contribution is 5.27. The molecule has 4 heteroatoms. The normalized spacial score (nSPS) is 12.1. The number of halogens is 1. The second-order valence-corrected chi connectivity index (χ2v) is 5.30. The summed E-state index contributed by atoms with van der Waals surface area (Å²) in [6, 6.07) is 6.23. The zero-order chi connectivity index (χ0) is 14.3. The minimum absolute atomic E-state index is 0.310. The van der Waals surface area contributed by atoms with Gasteiger partial charge in [-0.3, -0.25) is 0 Å². The van der Waals surface area contributed by atoms with Crippen molar-refractivity contribution in [2.24, 2.45) is 5.92 Å². The molecule has 0 fully saturated rings. The van der Waals surface area contributed by atoms with Crippen LogP contribution in [-0.2, 0) is 10.2 Å². The summed E-state index contributed by atoms with van der Waals surface area (Å²) >= 11 is 0. The molecule has 0 aliphatic rings.